The molecule has 3 rings (SSSR count). The van der Waals surface area contributed by atoms with Gasteiger partial charge in [0.05, 0.1) is 18.4 Å². The number of unbranched alkanes of at least 4 members (excludes halogenated alkanes) is 1. The van der Waals surface area contributed by atoms with Gasteiger partial charge in [-0.3, -0.25) is 9.59 Å². The molecule has 0 spiro atoms. The Balaban J connectivity index is 1.77. The first kappa shape index (κ1) is 24.9. The number of benzene rings is 3. The van der Waals surface area contributed by atoms with Crippen molar-refractivity contribution in [3.05, 3.63) is 77.6 Å². The van der Waals surface area contributed by atoms with Crippen LogP contribution in [0.5, 0.6) is 5.75 Å². The maximum Gasteiger partial charge on any atom is 0.262 e. The first-order valence-electron chi connectivity index (χ1n) is 11.4. The first-order chi connectivity index (χ1) is 16.4. The summed E-state index contributed by atoms with van der Waals surface area (Å²) in [7, 11) is 0. The molecule has 0 heterocycles. The van der Waals surface area contributed by atoms with E-state index in [0.717, 1.165) is 29.2 Å². The van der Waals surface area contributed by atoms with Gasteiger partial charge < -0.3 is 10.1 Å². The van der Waals surface area contributed by atoms with Gasteiger partial charge in [-0.25, -0.2) is 9.82 Å². The Kier molecular flexibility index (Phi) is 8.73. The average Bonchev–Trinajstić information content (AvgIpc) is 2.83. The Morgan fingerprint density at radius 1 is 1.06 bits per heavy atom. The van der Waals surface area contributed by atoms with Crippen molar-refractivity contribution in [2.24, 2.45) is 11.0 Å². The number of nitrogens with zero attached hydrogens (tertiary/aromatic N) is 1. The molecule has 1 atom stereocenters. The summed E-state index contributed by atoms with van der Waals surface area (Å²) in [5, 5.41) is 8.73. The van der Waals surface area contributed by atoms with Crippen LogP contribution in [0.1, 0.15) is 49.5 Å². The van der Waals surface area contributed by atoms with Gasteiger partial charge in [0.25, 0.3) is 11.8 Å². The monoisotopic (exact) mass is 463 g/mol. The van der Waals surface area contributed by atoms with Crippen LogP contribution < -0.4 is 15.5 Å². The van der Waals surface area contributed by atoms with E-state index < -0.39 is 23.7 Å². The van der Waals surface area contributed by atoms with E-state index in [1.807, 2.05) is 36.4 Å². The number of hydrogen-bond acceptors (Lipinski definition) is 4. The van der Waals surface area contributed by atoms with Crippen molar-refractivity contribution in [1.29, 1.82) is 0 Å². The van der Waals surface area contributed by atoms with Crippen LogP contribution in [0.15, 0.2) is 65.8 Å². The lowest BCUT2D eigenvalue weighted by Crippen LogP contribution is -2.48. The third kappa shape index (κ3) is 6.19. The Hall–Kier alpha value is -3.74. The van der Waals surface area contributed by atoms with E-state index in [4.69, 9.17) is 4.74 Å². The van der Waals surface area contributed by atoms with Gasteiger partial charge in [-0.2, -0.15) is 5.10 Å². The van der Waals surface area contributed by atoms with Gasteiger partial charge in [-0.05, 0) is 41.3 Å². The van der Waals surface area contributed by atoms with E-state index in [2.05, 4.69) is 22.8 Å². The Bertz CT molecular complexity index is 1180. The molecule has 0 radical (unpaired) electrons. The van der Waals surface area contributed by atoms with Crippen molar-refractivity contribution in [3.8, 4) is 5.75 Å². The molecule has 1 unspecified atom stereocenters. The lowest BCUT2D eigenvalue weighted by atomic mass is 10.0. The number of ether oxygens (including phenoxy) is 1. The van der Waals surface area contributed by atoms with E-state index in [1.54, 1.807) is 26.1 Å². The fraction of sp³-hybridized carbons (Fsp3) is 0.296. The third-order valence-electron chi connectivity index (χ3n) is 5.41. The van der Waals surface area contributed by atoms with E-state index >= 15 is 0 Å². The number of nitrogens with one attached hydrogen (secondary N) is 2. The van der Waals surface area contributed by atoms with Gasteiger partial charge in [0.1, 0.15) is 17.6 Å². The highest BCUT2D eigenvalue weighted by Gasteiger charge is 2.25. The van der Waals surface area contributed by atoms with E-state index in [0.29, 0.717) is 12.4 Å². The molecule has 6 nitrogen and oxygen atoms in total. The van der Waals surface area contributed by atoms with Crippen molar-refractivity contribution in [2.45, 2.75) is 39.7 Å². The summed E-state index contributed by atoms with van der Waals surface area (Å²) >= 11 is 0. The number of fused-ring (bicyclic) bond motifs is 1. The molecule has 0 saturated heterocycles. The highest BCUT2D eigenvalue weighted by Crippen LogP contribution is 2.27. The van der Waals surface area contributed by atoms with Gasteiger partial charge >= 0.3 is 0 Å². The normalized spacial score (nSPS) is 12.1. The standard InChI is InChI=1S/C27H30FN3O3/c1-4-5-16-34-24-15-14-19-10-6-7-11-20(19)22(24)17-29-31-27(33)25(18(2)3)30-26(32)21-12-8-9-13-23(21)28/h6-15,17-18,25H,4-5,16H2,1-3H3,(H,30,32)(H,31,33). The van der Waals surface area contributed by atoms with Gasteiger partial charge in [-0.1, -0.05) is 69.7 Å². The molecule has 7 heteroatoms. The van der Waals surface area contributed by atoms with Crippen molar-refractivity contribution >= 4 is 28.8 Å². The molecule has 0 aliphatic rings. The van der Waals surface area contributed by atoms with Crippen LogP contribution in [0.25, 0.3) is 10.8 Å². The lowest BCUT2D eigenvalue weighted by molar-refractivity contribution is -0.123. The van der Waals surface area contributed by atoms with Crippen LogP contribution >= 0.6 is 0 Å². The number of carbonyl (C=O) groups is 2. The molecular weight excluding hydrogens is 433 g/mol. The van der Waals surface area contributed by atoms with Gasteiger partial charge in [0, 0.05) is 5.56 Å². The quantitative estimate of drug-likeness (QED) is 0.251. The zero-order valence-corrected chi connectivity index (χ0v) is 19.7. The van der Waals surface area contributed by atoms with Crippen molar-refractivity contribution in [2.75, 3.05) is 6.61 Å². The molecule has 3 aromatic rings. The molecule has 0 aliphatic heterocycles. The predicted molar refractivity (Wildman–Crippen MR) is 133 cm³/mol. The fourth-order valence-corrected chi connectivity index (χ4v) is 3.49. The summed E-state index contributed by atoms with van der Waals surface area (Å²) in [6.45, 7) is 6.26. The number of hydrogen-bond donors (Lipinski definition) is 2. The Labute approximate surface area is 199 Å². The second-order valence-electron chi connectivity index (χ2n) is 8.31. The van der Waals surface area contributed by atoms with Crippen LogP contribution in [0.2, 0.25) is 0 Å². The van der Waals surface area contributed by atoms with Crippen molar-refractivity contribution < 1.29 is 18.7 Å². The summed E-state index contributed by atoms with van der Waals surface area (Å²) in [6, 6.07) is 16.5. The molecule has 2 amide bonds. The highest BCUT2D eigenvalue weighted by atomic mass is 19.1. The molecule has 0 fully saturated rings. The Morgan fingerprint density at radius 3 is 2.53 bits per heavy atom. The second-order valence-corrected chi connectivity index (χ2v) is 8.31. The molecule has 2 N–H and O–H groups in total. The lowest BCUT2D eigenvalue weighted by Gasteiger charge is -2.20. The first-order valence-corrected chi connectivity index (χ1v) is 11.4. The van der Waals surface area contributed by atoms with Crippen LogP contribution in [-0.2, 0) is 4.79 Å². The molecule has 0 aliphatic carbocycles. The minimum atomic E-state index is -0.892. The van der Waals surface area contributed by atoms with Crippen molar-refractivity contribution in [1.82, 2.24) is 10.7 Å². The fourth-order valence-electron chi connectivity index (χ4n) is 3.49. The average molecular weight is 464 g/mol. The number of amides is 2. The molecule has 0 bridgehead atoms. The molecule has 3 aromatic carbocycles. The van der Waals surface area contributed by atoms with Gasteiger partial charge in [0.15, 0.2) is 0 Å². The Morgan fingerprint density at radius 2 is 1.79 bits per heavy atom. The third-order valence-corrected chi connectivity index (χ3v) is 5.41. The largest absolute Gasteiger partial charge is 0.493 e. The summed E-state index contributed by atoms with van der Waals surface area (Å²) < 4.78 is 19.9. The number of halogens is 1. The second kappa shape index (κ2) is 11.9. The zero-order valence-electron chi connectivity index (χ0n) is 19.7. The van der Waals surface area contributed by atoms with Crippen LogP contribution in [-0.4, -0.2) is 30.7 Å². The smallest absolute Gasteiger partial charge is 0.262 e. The maximum absolute atomic E-state index is 14.0. The van der Waals surface area contributed by atoms with Gasteiger partial charge in [-0.15, -0.1) is 0 Å². The highest BCUT2D eigenvalue weighted by molar-refractivity contribution is 6.03. The minimum Gasteiger partial charge on any atom is -0.493 e. The minimum absolute atomic E-state index is 0.117. The van der Waals surface area contributed by atoms with E-state index in [1.165, 1.54) is 18.2 Å². The maximum atomic E-state index is 14.0. The molecule has 0 aromatic heterocycles. The van der Waals surface area contributed by atoms with Crippen LogP contribution in [0.3, 0.4) is 0 Å². The number of hydrazone groups is 1. The van der Waals surface area contributed by atoms with E-state index in [-0.39, 0.29) is 11.5 Å². The zero-order chi connectivity index (χ0) is 24.5. The molecule has 178 valence electrons. The number of carbonyl (C=O) groups excluding carboxylic acids is 2. The molecule has 34 heavy (non-hydrogen) atoms. The van der Waals surface area contributed by atoms with Crippen LogP contribution in [0.4, 0.5) is 4.39 Å². The van der Waals surface area contributed by atoms with Gasteiger partial charge in [0.2, 0.25) is 0 Å². The van der Waals surface area contributed by atoms with Crippen molar-refractivity contribution in [3.63, 3.8) is 0 Å². The number of rotatable bonds is 10. The topological polar surface area (TPSA) is 79.8 Å². The summed E-state index contributed by atoms with van der Waals surface area (Å²) in [6.07, 6.45) is 3.50. The predicted octanol–water partition coefficient (Wildman–Crippen LogP) is 5.06. The molecular formula is C27H30FN3O3. The summed E-state index contributed by atoms with van der Waals surface area (Å²) in [5.41, 5.74) is 3.15. The summed E-state index contributed by atoms with van der Waals surface area (Å²) in [4.78, 5) is 25.3. The van der Waals surface area contributed by atoms with E-state index in [9.17, 15) is 14.0 Å². The SMILES string of the molecule is CCCCOc1ccc2ccccc2c1C=NNC(=O)C(NC(=O)c1ccccc1F)C(C)C. The van der Waals surface area contributed by atoms with Crippen LogP contribution in [0, 0.1) is 11.7 Å². The molecule has 0 saturated carbocycles. The summed E-state index contributed by atoms with van der Waals surface area (Å²) in [5.74, 6) is -1.36.